The fourth-order valence-electron chi connectivity index (χ4n) is 1.42. The molecule has 0 aliphatic carbocycles. The SMILES string of the molecule is CNCc1ccc(OCCOCCC(F)(F)F)cc1. The van der Waals surface area contributed by atoms with Gasteiger partial charge >= 0.3 is 6.18 Å². The summed E-state index contributed by atoms with van der Waals surface area (Å²) in [7, 11) is 1.86. The zero-order valence-electron chi connectivity index (χ0n) is 10.8. The van der Waals surface area contributed by atoms with Gasteiger partial charge in [0.2, 0.25) is 0 Å². The van der Waals surface area contributed by atoms with Crippen molar-refractivity contribution < 1.29 is 22.6 Å². The molecule has 0 radical (unpaired) electrons. The Morgan fingerprint density at radius 1 is 1.05 bits per heavy atom. The maximum absolute atomic E-state index is 11.8. The smallest absolute Gasteiger partial charge is 0.391 e. The molecule has 108 valence electrons. The summed E-state index contributed by atoms with van der Waals surface area (Å²) in [5.74, 6) is 0.680. The van der Waals surface area contributed by atoms with E-state index in [4.69, 9.17) is 9.47 Å². The maximum Gasteiger partial charge on any atom is 0.391 e. The minimum atomic E-state index is -4.16. The van der Waals surface area contributed by atoms with Gasteiger partial charge in [0.25, 0.3) is 0 Å². The summed E-state index contributed by atoms with van der Waals surface area (Å²) in [6, 6.07) is 7.50. The third-order valence-electron chi connectivity index (χ3n) is 2.33. The highest BCUT2D eigenvalue weighted by atomic mass is 19.4. The summed E-state index contributed by atoms with van der Waals surface area (Å²) in [5.41, 5.74) is 1.14. The van der Waals surface area contributed by atoms with Crippen LogP contribution in [0, 0.1) is 0 Å². The van der Waals surface area contributed by atoms with Crippen LogP contribution in [0.5, 0.6) is 5.75 Å². The first-order valence-corrected chi connectivity index (χ1v) is 6.02. The van der Waals surface area contributed by atoms with Gasteiger partial charge in [-0.05, 0) is 24.7 Å². The van der Waals surface area contributed by atoms with Gasteiger partial charge in [0, 0.05) is 6.54 Å². The van der Waals surface area contributed by atoms with Gasteiger partial charge in [-0.25, -0.2) is 0 Å². The molecule has 0 aromatic heterocycles. The molecular formula is C13H18F3NO2. The third kappa shape index (κ3) is 7.69. The Balaban J connectivity index is 2.12. The highest BCUT2D eigenvalue weighted by Gasteiger charge is 2.26. The molecule has 0 fully saturated rings. The van der Waals surface area contributed by atoms with Gasteiger partial charge < -0.3 is 14.8 Å². The Morgan fingerprint density at radius 2 is 1.74 bits per heavy atom. The zero-order valence-corrected chi connectivity index (χ0v) is 10.8. The number of ether oxygens (including phenoxy) is 2. The van der Waals surface area contributed by atoms with Gasteiger partial charge in [-0.1, -0.05) is 12.1 Å². The van der Waals surface area contributed by atoms with Crippen molar-refractivity contribution in [3.05, 3.63) is 29.8 Å². The number of hydrogen-bond donors (Lipinski definition) is 1. The molecule has 19 heavy (non-hydrogen) atoms. The second kappa shape index (κ2) is 8.01. The van der Waals surface area contributed by atoms with Crippen LogP contribution in [0.1, 0.15) is 12.0 Å². The molecule has 1 aromatic rings. The predicted molar refractivity (Wildman–Crippen MR) is 66.2 cm³/mol. The third-order valence-corrected chi connectivity index (χ3v) is 2.33. The molecule has 0 heterocycles. The second-order valence-corrected chi connectivity index (χ2v) is 4.00. The lowest BCUT2D eigenvalue weighted by Crippen LogP contribution is -2.14. The van der Waals surface area contributed by atoms with E-state index in [2.05, 4.69) is 5.32 Å². The number of halogens is 3. The summed E-state index contributed by atoms with van der Waals surface area (Å²) in [6.45, 7) is 0.840. The van der Waals surface area contributed by atoms with Crippen LogP contribution in [0.2, 0.25) is 0 Å². The van der Waals surface area contributed by atoms with Crippen molar-refractivity contribution in [1.82, 2.24) is 5.32 Å². The molecule has 0 bridgehead atoms. The largest absolute Gasteiger partial charge is 0.491 e. The van der Waals surface area contributed by atoms with Crippen LogP contribution in [-0.4, -0.2) is 33.0 Å². The van der Waals surface area contributed by atoms with E-state index in [0.29, 0.717) is 5.75 Å². The van der Waals surface area contributed by atoms with Crippen LogP contribution in [0.15, 0.2) is 24.3 Å². The van der Waals surface area contributed by atoms with E-state index in [1.165, 1.54) is 0 Å². The zero-order chi connectivity index (χ0) is 14.1. The van der Waals surface area contributed by atoms with E-state index < -0.39 is 12.6 Å². The van der Waals surface area contributed by atoms with Crippen LogP contribution in [0.3, 0.4) is 0 Å². The van der Waals surface area contributed by atoms with Gasteiger partial charge in [-0.15, -0.1) is 0 Å². The fourth-order valence-corrected chi connectivity index (χ4v) is 1.42. The lowest BCUT2D eigenvalue weighted by molar-refractivity contribution is -0.145. The predicted octanol–water partition coefficient (Wildman–Crippen LogP) is 2.75. The van der Waals surface area contributed by atoms with Gasteiger partial charge in [0.05, 0.1) is 19.6 Å². The van der Waals surface area contributed by atoms with Crippen molar-refractivity contribution in [3.8, 4) is 5.75 Å². The number of rotatable bonds is 8. The van der Waals surface area contributed by atoms with Crippen molar-refractivity contribution in [2.24, 2.45) is 0 Å². The number of benzene rings is 1. The Bertz CT molecular complexity index is 352. The molecule has 1 rings (SSSR count). The average molecular weight is 277 g/mol. The Hall–Kier alpha value is -1.27. The molecule has 0 unspecified atom stereocenters. The molecule has 1 aromatic carbocycles. The van der Waals surface area contributed by atoms with E-state index in [0.717, 1.165) is 12.1 Å². The lowest BCUT2D eigenvalue weighted by Gasteiger charge is -2.09. The van der Waals surface area contributed by atoms with Crippen molar-refractivity contribution in [3.63, 3.8) is 0 Å². The van der Waals surface area contributed by atoms with E-state index in [1.807, 2.05) is 31.3 Å². The van der Waals surface area contributed by atoms with Crippen molar-refractivity contribution in [1.29, 1.82) is 0 Å². The molecule has 3 nitrogen and oxygen atoms in total. The molecule has 0 aliphatic rings. The van der Waals surface area contributed by atoms with Gasteiger partial charge in [0.15, 0.2) is 0 Å². The van der Waals surface area contributed by atoms with E-state index >= 15 is 0 Å². The van der Waals surface area contributed by atoms with Crippen LogP contribution in [0.25, 0.3) is 0 Å². The Kier molecular flexibility index (Phi) is 6.66. The highest BCUT2D eigenvalue weighted by molar-refractivity contribution is 5.27. The lowest BCUT2D eigenvalue weighted by atomic mass is 10.2. The quantitative estimate of drug-likeness (QED) is 0.741. The number of nitrogens with one attached hydrogen (secondary N) is 1. The monoisotopic (exact) mass is 277 g/mol. The van der Waals surface area contributed by atoms with E-state index in [-0.39, 0.29) is 19.8 Å². The molecule has 1 N–H and O–H groups in total. The highest BCUT2D eigenvalue weighted by Crippen LogP contribution is 2.18. The van der Waals surface area contributed by atoms with Crippen LogP contribution in [-0.2, 0) is 11.3 Å². The minimum Gasteiger partial charge on any atom is -0.491 e. The topological polar surface area (TPSA) is 30.5 Å². The van der Waals surface area contributed by atoms with Crippen molar-refractivity contribution >= 4 is 0 Å². The molecule has 0 amide bonds. The summed E-state index contributed by atoms with van der Waals surface area (Å²) < 4.78 is 45.6. The normalized spacial score (nSPS) is 11.6. The fraction of sp³-hybridized carbons (Fsp3) is 0.538. The minimum absolute atomic E-state index is 0.147. The summed E-state index contributed by atoms with van der Waals surface area (Å²) in [6.07, 6.45) is -5.09. The van der Waals surface area contributed by atoms with E-state index in [1.54, 1.807) is 0 Å². The summed E-state index contributed by atoms with van der Waals surface area (Å²) in [5, 5.41) is 3.03. The van der Waals surface area contributed by atoms with E-state index in [9.17, 15) is 13.2 Å². The maximum atomic E-state index is 11.8. The summed E-state index contributed by atoms with van der Waals surface area (Å²) >= 11 is 0. The molecule has 0 saturated heterocycles. The van der Waals surface area contributed by atoms with Crippen LogP contribution in [0.4, 0.5) is 13.2 Å². The first kappa shape index (κ1) is 15.8. The average Bonchev–Trinajstić information content (AvgIpc) is 2.35. The van der Waals surface area contributed by atoms with Gasteiger partial charge in [-0.3, -0.25) is 0 Å². The van der Waals surface area contributed by atoms with Gasteiger partial charge in [-0.2, -0.15) is 13.2 Å². The molecule has 6 heteroatoms. The van der Waals surface area contributed by atoms with Gasteiger partial charge in [0.1, 0.15) is 12.4 Å². The molecule has 0 saturated carbocycles. The molecular weight excluding hydrogens is 259 g/mol. The standard InChI is InChI=1S/C13H18F3NO2/c1-17-10-11-2-4-12(5-3-11)19-9-8-18-7-6-13(14,15)16/h2-5,17H,6-10H2,1H3. The second-order valence-electron chi connectivity index (χ2n) is 4.00. The van der Waals surface area contributed by atoms with Crippen LogP contribution >= 0.6 is 0 Å². The van der Waals surface area contributed by atoms with Crippen molar-refractivity contribution in [2.45, 2.75) is 19.1 Å². The number of hydrogen-bond acceptors (Lipinski definition) is 3. The number of alkyl halides is 3. The Morgan fingerprint density at radius 3 is 2.32 bits per heavy atom. The molecule has 0 atom stereocenters. The molecule has 0 spiro atoms. The summed E-state index contributed by atoms with van der Waals surface area (Å²) in [4.78, 5) is 0. The Labute approximate surface area is 110 Å². The van der Waals surface area contributed by atoms with Crippen molar-refractivity contribution in [2.75, 3.05) is 26.9 Å². The first-order chi connectivity index (χ1) is 9.01. The van der Waals surface area contributed by atoms with Crippen LogP contribution < -0.4 is 10.1 Å². The molecule has 0 aliphatic heterocycles. The first-order valence-electron chi connectivity index (χ1n) is 6.02.